The molecule has 0 radical (unpaired) electrons. The van der Waals surface area contributed by atoms with E-state index in [2.05, 4.69) is 32.9 Å². The number of hydrogen-bond acceptors (Lipinski definition) is 6. The molecule has 0 aliphatic rings. The zero-order valence-corrected chi connectivity index (χ0v) is 46.9. The van der Waals surface area contributed by atoms with Crippen LogP contribution in [0.1, 0.15) is 355 Å². The van der Waals surface area contributed by atoms with E-state index in [1.807, 2.05) is 0 Å². The second-order valence-electron chi connectivity index (χ2n) is 21.3. The molecular weight excluding hydrogens is 853 g/mol. The Kier molecular flexibility index (Phi) is 57.1. The highest BCUT2D eigenvalue weighted by Crippen LogP contribution is 2.18. The first-order valence-electron chi connectivity index (χ1n) is 31.2. The van der Waals surface area contributed by atoms with Crippen molar-refractivity contribution in [2.24, 2.45) is 0 Å². The van der Waals surface area contributed by atoms with E-state index in [1.54, 1.807) is 0 Å². The van der Waals surface area contributed by atoms with E-state index in [-0.39, 0.29) is 31.1 Å². The fraction of sp³-hybridized carbons (Fsp3) is 0.921. The van der Waals surface area contributed by atoms with Crippen LogP contribution >= 0.6 is 0 Å². The maximum absolute atomic E-state index is 12.9. The molecule has 408 valence electrons. The minimum atomic E-state index is -0.764. The highest BCUT2D eigenvalue weighted by atomic mass is 16.6. The van der Waals surface area contributed by atoms with E-state index in [4.69, 9.17) is 14.2 Å². The van der Waals surface area contributed by atoms with Crippen molar-refractivity contribution < 1.29 is 28.6 Å². The lowest BCUT2D eigenvalue weighted by Crippen LogP contribution is -2.30. The number of ether oxygens (including phenoxy) is 3. The summed E-state index contributed by atoms with van der Waals surface area (Å²) in [5, 5.41) is 0. The van der Waals surface area contributed by atoms with Crippen LogP contribution < -0.4 is 0 Å². The molecule has 0 saturated heterocycles. The summed E-state index contributed by atoms with van der Waals surface area (Å²) in [5.41, 5.74) is 0. The van der Waals surface area contributed by atoms with Crippen LogP contribution in [0.5, 0.6) is 0 Å². The largest absolute Gasteiger partial charge is 0.462 e. The Morgan fingerprint density at radius 3 is 0.725 bits per heavy atom. The van der Waals surface area contributed by atoms with E-state index in [0.717, 1.165) is 57.8 Å². The van der Waals surface area contributed by atoms with Crippen LogP contribution in [0, 0.1) is 0 Å². The molecule has 0 rings (SSSR count). The standard InChI is InChI=1S/C63H120O6/c1-4-7-10-13-16-19-21-23-25-27-29-31-32-33-35-36-38-40-42-44-47-50-53-56-62(65)68-59-60(58-67-61(64)55-52-49-46-18-15-12-9-6-3)69-63(66)57-54-51-48-45-43-41-39-37-34-30-28-26-24-22-20-17-14-11-8-5-2/h27,29,60H,4-26,28,30-59H2,1-3H3/b29-27-. The second-order valence-corrected chi connectivity index (χ2v) is 21.3. The molecule has 1 atom stereocenters. The average molecular weight is 974 g/mol. The number of carbonyl (C=O) groups is 3. The Bertz CT molecular complexity index is 1070. The van der Waals surface area contributed by atoms with Gasteiger partial charge >= 0.3 is 17.9 Å². The molecular formula is C63H120O6. The topological polar surface area (TPSA) is 78.9 Å². The fourth-order valence-corrected chi connectivity index (χ4v) is 9.56. The molecule has 0 bridgehead atoms. The first-order valence-corrected chi connectivity index (χ1v) is 31.2. The van der Waals surface area contributed by atoms with Crippen molar-refractivity contribution in [2.45, 2.75) is 361 Å². The maximum Gasteiger partial charge on any atom is 0.306 e. The minimum absolute atomic E-state index is 0.0646. The monoisotopic (exact) mass is 973 g/mol. The van der Waals surface area contributed by atoms with Crippen molar-refractivity contribution in [2.75, 3.05) is 13.2 Å². The van der Waals surface area contributed by atoms with Crippen LogP contribution in [-0.2, 0) is 28.6 Å². The lowest BCUT2D eigenvalue weighted by Gasteiger charge is -2.18. The van der Waals surface area contributed by atoms with Gasteiger partial charge in [0.2, 0.25) is 0 Å². The molecule has 0 heterocycles. The second kappa shape index (κ2) is 58.7. The number of allylic oxidation sites excluding steroid dienone is 2. The minimum Gasteiger partial charge on any atom is -0.462 e. The van der Waals surface area contributed by atoms with Crippen LogP contribution in [0.3, 0.4) is 0 Å². The third-order valence-corrected chi connectivity index (χ3v) is 14.3. The predicted octanol–water partition coefficient (Wildman–Crippen LogP) is 20.9. The van der Waals surface area contributed by atoms with Crippen LogP contribution in [0.4, 0.5) is 0 Å². The summed E-state index contributed by atoms with van der Waals surface area (Å²) in [6, 6.07) is 0. The molecule has 0 fully saturated rings. The number of unbranched alkanes of at least 4 members (excludes halogenated alkanes) is 45. The van der Waals surface area contributed by atoms with Crippen molar-refractivity contribution in [3.63, 3.8) is 0 Å². The third kappa shape index (κ3) is 56.9. The van der Waals surface area contributed by atoms with Crippen LogP contribution in [-0.4, -0.2) is 37.2 Å². The van der Waals surface area contributed by atoms with Gasteiger partial charge in [-0.3, -0.25) is 14.4 Å². The van der Waals surface area contributed by atoms with E-state index in [0.29, 0.717) is 19.3 Å². The van der Waals surface area contributed by atoms with E-state index >= 15 is 0 Å². The maximum atomic E-state index is 12.9. The molecule has 0 aromatic carbocycles. The molecule has 0 aromatic rings. The first kappa shape index (κ1) is 67.1. The van der Waals surface area contributed by atoms with Gasteiger partial charge in [-0.15, -0.1) is 0 Å². The summed E-state index contributed by atoms with van der Waals surface area (Å²) in [7, 11) is 0. The quantitative estimate of drug-likeness (QED) is 0.0261. The Balaban J connectivity index is 4.13. The van der Waals surface area contributed by atoms with Gasteiger partial charge in [-0.05, 0) is 44.9 Å². The van der Waals surface area contributed by atoms with Gasteiger partial charge in [0.15, 0.2) is 6.10 Å². The van der Waals surface area contributed by atoms with E-state index < -0.39 is 6.10 Å². The molecule has 0 aromatic heterocycles. The summed E-state index contributed by atoms with van der Waals surface area (Å²) in [6.07, 6.45) is 68.1. The van der Waals surface area contributed by atoms with Gasteiger partial charge in [0, 0.05) is 19.3 Å². The molecule has 6 nitrogen and oxygen atoms in total. The molecule has 0 amide bonds. The lowest BCUT2D eigenvalue weighted by atomic mass is 10.0. The highest BCUT2D eigenvalue weighted by molar-refractivity contribution is 5.71. The summed E-state index contributed by atoms with van der Waals surface area (Å²) in [4.78, 5) is 38.1. The van der Waals surface area contributed by atoms with Crippen molar-refractivity contribution in [1.29, 1.82) is 0 Å². The first-order chi connectivity index (χ1) is 34.0. The Morgan fingerprint density at radius 1 is 0.275 bits per heavy atom. The molecule has 0 N–H and O–H groups in total. The van der Waals surface area contributed by atoms with E-state index in [1.165, 1.54) is 257 Å². The normalized spacial score (nSPS) is 12.0. The van der Waals surface area contributed by atoms with Crippen LogP contribution in [0.2, 0.25) is 0 Å². The van der Waals surface area contributed by atoms with E-state index in [9.17, 15) is 14.4 Å². The van der Waals surface area contributed by atoms with Crippen LogP contribution in [0.25, 0.3) is 0 Å². The molecule has 69 heavy (non-hydrogen) atoms. The van der Waals surface area contributed by atoms with Crippen LogP contribution in [0.15, 0.2) is 12.2 Å². The zero-order valence-electron chi connectivity index (χ0n) is 46.9. The van der Waals surface area contributed by atoms with Gasteiger partial charge in [0.25, 0.3) is 0 Å². The molecule has 0 spiro atoms. The Hall–Kier alpha value is -1.85. The van der Waals surface area contributed by atoms with Crippen molar-refractivity contribution in [3.05, 3.63) is 12.2 Å². The summed E-state index contributed by atoms with van der Waals surface area (Å²) >= 11 is 0. The highest BCUT2D eigenvalue weighted by Gasteiger charge is 2.19. The van der Waals surface area contributed by atoms with Gasteiger partial charge in [-0.2, -0.15) is 0 Å². The van der Waals surface area contributed by atoms with Gasteiger partial charge in [0.1, 0.15) is 13.2 Å². The van der Waals surface area contributed by atoms with Gasteiger partial charge < -0.3 is 14.2 Å². The average Bonchev–Trinajstić information content (AvgIpc) is 3.35. The van der Waals surface area contributed by atoms with Gasteiger partial charge in [-0.25, -0.2) is 0 Å². The molecule has 0 aliphatic heterocycles. The van der Waals surface area contributed by atoms with Crippen molar-refractivity contribution >= 4 is 17.9 Å². The fourth-order valence-electron chi connectivity index (χ4n) is 9.56. The molecule has 0 aliphatic carbocycles. The summed E-state index contributed by atoms with van der Waals surface area (Å²) in [5.74, 6) is -0.843. The zero-order chi connectivity index (χ0) is 50.0. The number of esters is 3. The predicted molar refractivity (Wildman–Crippen MR) is 298 cm³/mol. The number of hydrogen-bond donors (Lipinski definition) is 0. The Morgan fingerprint density at radius 2 is 0.478 bits per heavy atom. The van der Waals surface area contributed by atoms with Gasteiger partial charge in [0.05, 0.1) is 0 Å². The number of carbonyl (C=O) groups excluding carboxylic acids is 3. The SMILES string of the molecule is CCCCCCCCCC/C=C\CCCCCCCCCCCCCC(=O)OCC(COC(=O)CCCCCCCCCC)OC(=O)CCCCCCCCCCCCCCCCCCCCCC. The third-order valence-electron chi connectivity index (χ3n) is 14.3. The summed E-state index contributed by atoms with van der Waals surface area (Å²) < 4.78 is 16.9. The summed E-state index contributed by atoms with van der Waals surface area (Å²) in [6.45, 7) is 6.68. The Labute approximate surface area is 431 Å². The van der Waals surface area contributed by atoms with Gasteiger partial charge in [-0.1, -0.05) is 303 Å². The molecule has 1 unspecified atom stereocenters. The van der Waals surface area contributed by atoms with Crippen molar-refractivity contribution in [1.82, 2.24) is 0 Å². The molecule has 0 saturated carbocycles. The lowest BCUT2D eigenvalue weighted by molar-refractivity contribution is -0.167. The smallest absolute Gasteiger partial charge is 0.306 e. The number of rotatable bonds is 58. The molecule has 6 heteroatoms. The van der Waals surface area contributed by atoms with Crippen molar-refractivity contribution in [3.8, 4) is 0 Å².